The maximum Gasteiger partial charge on any atom is 0.401 e. The van der Waals surface area contributed by atoms with Crippen molar-refractivity contribution in [3.05, 3.63) is 53.3 Å². The molecule has 2 amide bonds. The molecule has 0 aromatic carbocycles. The third-order valence-corrected chi connectivity index (χ3v) is 5.70. The first-order chi connectivity index (χ1) is 15.6. The van der Waals surface area contributed by atoms with Crippen LogP contribution in [0.15, 0.2) is 36.9 Å². The lowest BCUT2D eigenvalue weighted by Gasteiger charge is -2.28. The number of nitrogens with one attached hydrogen (secondary N) is 1. The van der Waals surface area contributed by atoms with Gasteiger partial charge in [-0.2, -0.15) is 28.5 Å². The van der Waals surface area contributed by atoms with Gasteiger partial charge in [0, 0.05) is 12.6 Å². The average molecular weight is 478 g/mol. The molecule has 0 saturated heterocycles. The van der Waals surface area contributed by atoms with E-state index in [1.54, 1.807) is 13.0 Å². The van der Waals surface area contributed by atoms with E-state index < -0.39 is 24.2 Å². The van der Waals surface area contributed by atoms with Gasteiger partial charge >= 0.3 is 12.2 Å². The van der Waals surface area contributed by atoms with Crippen molar-refractivity contribution < 1.29 is 18.0 Å². The van der Waals surface area contributed by atoms with Crippen molar-refractivity contribution in [1.82, 2.24) is 34.6 Å². The van der Waals surface area contributed by atoms with E-state index in [0.29, 0.717) is 5.69 Å². The van der Waals surface area contributed by atoms with Crippen LogP contribution < -0.4 is 10.2 Å². The summed E-state index contributed by atoms with van der Waals surface area (Å²) in [6.07, 6.45) is 0.805. The first-order valence-corrected chi connectivity index (χ1v) is 9.99. The highest BCUT2D eigenvalue weighted by atomic mass is 35.5. The number of nitrogens with zero attached hydrogens (tertiary/aromatic N) is 8. The molecule has 4 aromatic rings. The highest BCUT2D eigenvalue weighted by molar-refractivity contribution is 6.32. The van der Waals surface area contributed by atoms with Crippen molar-refractivity contribution in [2.75, 3.05) is 16.8 Å². The number of hydrogen-bond acceptors (Lipinski definition) is 6. The Kier molecular flexibility index (Phi) is 4.57. The maximum absolute atomic E-state index is 14.2. The van der Waals surface area contributed by atoms with Crippen LogP contribution in [0.2, 0.25) is 5.02 Å². The van der Waals surface area contributed by atoms with E-state index in [2.05, 4.69) is 30.6 Å². The summed E-state index contributed by atoms with van der Waals surface area (Å²) in [4.78, 5) is 23.5. The summed E-state index contributed by atoms with van der Waals surface area (Å²) in [7, 11) is 0. The highest BCUT2D eigenvalue weighted by Gasteiger charge is 2.60. The van der Waals surface area contributed by atoms with Crippen molar-refractivity contribution in [2.45, 2.75) is 25.4 Å². The Morgan fingerprint density at radius 2 is 1.91 bits per heavy atom. The summed E-state index contributed by atoms with van der Waals surface area (Å²) in [6.45, 7) is 2.05. The van der Waals surface area contributed by atoms with Crippen molar-refractivity contribution in [1.29, 1.82) is 0 Å². The van der Waals surface area contributed by atoms with Crippen molar-refractivity contribution in [3.8, 4) is 5.82 Å². The van der Waals surface area contributed by atoms with Gasteiger partial charge in [-0.3, -0.25) is 4.90 Å². The van der Waals surface area contributed by atoms with E-state index in [-0.39, 0.29) is 33.6 Å². The van der Waals surface area contributed by atoms with E-state index in [1.807, 2.05) is 0 Å². The number of carbonyl (C=O) groups excluding carboxylic acids is 1. The molecule has 4 aromatic heterocycles. The number of fused-ring (bicyclic) bond motifs is 3. The average Bonchev–Trinajstić information content (AvgIpc) is 3.45. The molecule has 0 fully saturated rings. The summed E-state index contributed by atoms with van der Waals surface area (Å²) in [6, 6.07) is 2.18. The zero-order valence-corrected chi connectivity index (χ0v) is 17.9. The number of pyridine rings is 1. The molecule has 5 rings (SSSR count). The third kappa shape index (κ3) is 3.26. The van der Waals surface area contributed by atoms with Crippen LogP contribution >= 0.6 is 11.6 Å². The standard InChI is InChI=1S/C19H15ClF3N9O/c1-10-5-14-24-8-13-15(31(14)29-10)18(2,19(21,22)23)9-30(13)17(33)28-11-6-12(20)16(25-7-11)32-26-3-4-27-32/h3-8H,9H2,1-2H3,(H,28,33)/t18-/m1/s1. The number of alkyl halides is 3. The molecule has 0 spiro atoms. The van der Waals surface area contributed by atoms with Crippen LogP contribution in [0.5, 0.6) is 0 Å². The molecule has 14 heteroatoms. The summed E-state index contributed by atoms with van der Waals surface area (Å²) >= 11 is 6.22. The number of aromatic nitrogens is 7. The molecule has 1 atom stereocenters. The number of hydrogen-bond donors (Lipinski definition) is 1. The zero-order valence-electron chi connectivity index (χ0n) is 17.2. The molecule has 0 aliphatic carbocycles. The second-order valence-corrected chi connectivity index (χ2v) is 8.15. The zero-order chi connectivity index (χ0) is 23.5. The molecule has 5 heterocycles. The molecule has 170 valence electrons. The molecule has 0 bridgehead atoms. The molecule has 1 aliphatic heterocycles. The number of rotatable bonds is 2. The molecule has 1 N–H and O–H groups in total. The molecule has 33 heavy (non-hydrogen) atoms. The topological polar surface area (TPSA) is 106 Å². The predicted octanol–water partition coefficient (Wildman–Crippen LogP) is 3.54. The highest BCUT2D eigenvalue weighted by Crippen LogP contribution is 2.49. The van der Waals surface area contributed by atoms with Crippen molar-refractivity contribution >= 4 is 34.7 Å². The first-order valence-electron chi connectivity index (χ1n) is 9.62. The molecular weight excluding hydrogens is 463 g/mol. The number of anilines is 2. The minimum absolute atomic E-state index is 0.0133. The Labute approximate surface area is 189 Å². The minimum Gasteiger partial charge on any atom is -0.306 e. The number of amides is 2. The third-order valence-electron chi connectivity index (χ3n) is 5.43. The van der Waals surface area contributed by atoms with Gasteiger partial charge in [0.05, 0.1) is 52.6 Å². The Morgan fingerprint density at radius 3 is 2.58 bits per heavy atom. The number of aryl methyl sites for hydroxylation is 1. The van der Waals surface area contributed by atoms with Crippen LogP contribution in [0, 0.1) is 6.92 Å². The molecule has 10 nitrogen and oxygen atoms in total. The van der Waals surface area contributed by atoms with Crippen LogP contribution in [0.1, 0.15) is 18.3 Å². The smallest absolute Gasteiger partial charge is 0.306 e. The molecule has 0 unspecified atom stereocenters. The van der Waals surface area contributed by atoms with Crippen LogP contribution in [-0.4, -0.2) is 53.3 Å². The number of halogens is 4. The Hall–Kier alpha value is -3.74. The monoisotopic (exact) mass is 477 g/mol. The van der Waals surface area contributed by atoms with E-state index >= 15 is 0 Å². The van der Waals surface area contributed by atoms with Gasteiger partial charge in [-0.15, -0.1) is 4.80 Å². The molecule has 1 aliphatic rings. The van der Waals surface area contributed by atoms with E-state index in [4.69, 9.17) is 11.6 Å². The lowest BCUT2D eigenvalue weighted by atomic mass is 9.88. The normalized spacial score (nSPS) is 18.1. The molecule has 0 saturated carbocycles. The van der Waals surface area contributed by atoms with Crippen molar-refractivity contribution in [3.63, 3.8) is 0 Å². The molecule has 0 radical (unpaired) electrons. The van der Waals surface area contributed by atoms with Gasteiger partial charge < -0.3 is 5.32 Å². The van der Waals surface area contributed by atoms with Crippen LogP contribution in [0.3, 0.4) is 0 Å². The van der Waals surface area contributed by atoms with Crippen LogP contribution in [0.4, 0.5) is 29.3 Å². The van der Waals surface area contributed by atoms with Gasteiger partial charge in [0.25, 0.3) is 0 Å². The maximum atomic E-state index is 14.2. The van der Waals surface area contributed by atoms with Crippen molar-refractivity contribution in [2.24, 2.45) is 0 Å². The Morgan fingerprint density at radius 1 is 1.18 bits per heavy atom. The summed E-state index contributed by atoms with van der Waals surface area (Å²) in [5.74, 6) is 0.233. The summed E-state index contributed by atoms with van der Waals surface area (Å²) in [5, 5.41) is 14.7. The fourth-order valence-corrected chi connectivity index (χ4v) is 4.04. The Balaban J connectivity index is 1.51. The van der Waals surface area contributed by atoms with Gasteiger partial charge in [0.15, 0.2) is 11.5 Å². The number of urea groups is 1. The van der Waals surface area contributed by atoms with Gasteiger partial charge in [0.2, 0.25) is 0 Å². The number of carbonyl (C=O) groups is 1. The SMILES string of the molecule is Cc1cc2ncc3c(n2n1)[C@](C)(C(F)(F)F)CN3C(=O)Nc1cnc(-n2nccn2)c(Cl)c1. The Bertz CT molecular complexity index is 1390. The molecular formula is C19H15ClF3N9O. The quantitative estimate of drug-likeness (QED) is 0.473. The van der Waals surface area contributed by atoms with E-state index in [1.165, 1.54) is 35.7 Å². The summed E-state index contributed by atoms with van der Waals surface area (Å²) in [5.41, 5.74) is -1.53. The predicted molar refractivity (Wildman–Crippen MR) is 112 cm³/mol. The second kappa shape index (κ2) is 7.13. The lowest BCUT2D eigenvalue weighted by molar-refractivity contribution is -0.181. The largest absolute Gasteiger partial charge is 0.401 e. The van der Waals surface area contributed by atoms with Gasteiger partial charge in [-0.1, -0.05) is 11.6 Å². The van der Waals surface area contributed by atoms with E-state index in [0.717, 1.165) is 16.3 Å². The van der Waals surface area contributed by atoms with Gasteiger partial charge in [-0.25, -0.2) is 19.3 Å². The fraction of sp³-hybridized carbons (Fsp3) is 0.263. The van der Waals surface area contributed by atoms with Gasteiger partial charge in [0.1, 0.15) is 5.41 Å². The lowest BCUT2D eigenvalue weighted by Crippen LogP contribution is -2.46. The van der Waals surface area contributed by atoms with Crippen LogP contribution in [-0.2, 0) is 5.41 Å². The second-order valence-electron chi connectivity index (χ2n) is 7.74. The van der Waals surface area contributed by atoms with Gasteiger partial charge in [-0.05, 0) is 19.9 Å². The van der Waals surface area contributed by atoms with Crippen LogP contribution in [0.25, 0.3) is 11.5 Å². The summed E-state index contributed by atoms with van der Waals surface area (Å²) < 4.78 is 43.7. The fourth-order valence-electron chi connectivity index (χ4n) is 3.80. The minimum atomic E-state index is -4.64. The first kappa shape index (κ1) is 21.1. The van der Waals surface area contributed by atoms with E-state index in [9.17, 15) is 18.0 Å².